The SMILES string of the molecule is CC(C)C(NS(=O)(=O)c1c[nH]c(C(=O)O)c1)C(N)=O. The molecule has 0 saturated heterocycles. The number of carbonyl (C=O) groups is 2. The van der Waals surface area contributed by atoms with Gasteiger partial charge in [0.25, 0.3) is 0 Å². The predicted molar refractivity (Wildman–Crippen MR) is 65.9 cm³/mol. The molecule has 1 heterocycles. The monoisotopic (exact) mass is 289 g/mol. The molecule has 8 nitrogen and oxygen atoms in total. The van der Waals surface area contributed by atoms with E-state index in [1.165, 1.54) is 0 Å². The van der Waals surface area contributed by atoms with Gasteiger partial charge in [-0.05, 0) is 12.0 Å². The van der Waals surface area contributed by atoms with Crippen LogP contribution in [0.1, 0.15) is 24.3 Å². The zero-order valence-corrected chi connectivity index (χ0v) is 11.2. The fraction of sp³-hybridized carbons (Fsp3) is 0.400. The van der Waals surface area contributed by atoms with Crippen molar-refractivity contribution in [2.75, 3.05) is 0 Å². The Morgan fingerprint density at radius 1 is 1.42 bits per heavy atom. The summed E-state index contributed by atoms with van der Waals surface area (Å²) in [5, 5.41) is 8.70. The van der Waals surface area contributed by atoms with E-state index in [2.05, 4.69) is 9.71 Å². The molecule has 0 radical (unpaired) electrons. The lowest BCUT2D eigenvalue weighted by atomic mass is 10.1. The number of aromatic carboxylic acids is 1. The number of carboxylic acids is 1. The molecular weight excluding hydrogens is 274 g/mol. The summed E-state index contributed by atoms with van der Waals surface area (Å²) in [7, 11) is -4.01. The van der Waals surface area contributed by atoms with Crippen LogP contribution in [0.15, 0.2) is 17.2 Å². The number of primary amides is 1. The highest BCUT2D eigenvalue weighted by molar-refractivity contribution is 7.89. The van der Waals surface area contributed by atoms with Gasteiger partial charge in [0.05, 0.1) is 0 Å². The number of aromatic amines is 1. The standard InChI is InChI=1S/C10H15N3O5S/c1-5(2)8(9(11)14)13-19(17,18)6-3-7(10(15)16)12-4-6/h3-5,8,12-13H,1-2H3,(H2,11,14)(H,15,16). The number of carbonyl (C=O) groups excluding carboxylic acids is 1. The van der Waals surface area contributed by atoms with Gasteiger partial charge in [0.1, 0.15) is 16.6 Å². The lowest BCUT2D eigenvalue weighted by Gasteiger charge is -2.18. The van der Waals surface area contributed by atoms with Crippen LogP contribution in [-0.2, 0) is 14.8 Å². The molecule has 1 rings (SSSR count). The van der Waals surface area contributed by atoms with Crippen LogP contribution in [0.4, 0.5) is 0 Å². The topological polar surface area (TPSA) is 142 Å². The number of nitrogens with two attached hydrogens (primary N) is 1. The van der Waals surface area contributed by atoms with Crippen LogP contribution >= 0.6 is 0 Å². The van der Waals surface area contributed by atoms with Crippen molar-refractivity contribution in [1.29, 1.82) is 0 Å². The summed E-state index contributed by atoms with van der Waals surface area (Å²) in [5.74, 6) is -2.41. The average molecular weight is 289 g/mol. The third kappa shape index (κ3) is 3.55. The fourth-order valence-corrected chi connectivity index (χ4v) is 2.76. The predicted octanol–water partition coefficient (Wildman–Crippen LogP) is -0.499. The molecule has 5 N–H and O–H groups in total. The molecule has 0 aliphatic heterocycles. The minimum Gasteiger partial charge on any atom is -0.477 e. The van der Waals surface area contributed by atoms with Gasteiger partial charge in [-0.3, -0.25) is 4.79 Å². The smallest absolute Gasteiger partial charge is 0.352 e. The first-order valence-electron chi connectivity index (χ1n) is 5.38. The minimum absolute atomic E-state index is 0.263. The third-order valence-electron chi connectivity index (χ3n) is 2.45. The Morgan fingerprint density at radius 2 is 2.00 bits per heavy atom. The van der Waals surface area contributed by atoms with Gasteiger partial charge < -0.3 is 15.8 Å². The minimum atomic E-state index is -4.01. The van der Waals surface area contributed by atoms with Gasteiger partial charge in [-0.15, -0.1) is 0 Å². The molecule has 0 aromatic carbocycles. The van der Waals surface area contributed by atoms with Crippen molar-refractivity contribution < 1.29 is 23.1 Å². The van der Waals surface area contributed by atoms with Gasteiger partial charge in [-0.1, -0.05) is 13.8 Å². The highest BCUT2D eigenvalue weighted by atomic mass is 32.2. The maximum atomic E-state index is 12.0. The largest absolute Gasteiger partial charge is 0.477 e. The number of carboxylic acid groups (broad SMARTS) is 1. The summed E-state index contributed by atoms with van der Waals surface area (Å²) in [4.78, 5) is 23.9. The lowest BCUT2D eigenvalue weighted by Crippen LogP contribution is -2.47. The molecule has 1 unspecified atom stereocenters. The summed E-state index contributed by atoms with van der Waals surface area (Å²) >= 11 is 0. The van der Waals surface area contributed by atoms with Crippen molar-refractivity contribution in [2.45, 2.75) is 24.8 Å². The summed E-state index contributed by atoms with van der Waals surface area (Å²) in [6, 6.07) is -0.101. The van der Waals surface area contributed by atoms with Crippen LogP contribution in [0.3, 0.4) is 0 Å². The van der Waals surface area contributed by atoms with Crippen molar-refractivity contribution >= 4 is 21.9 Å². The molecule has 1 amide bonds. The van der Waals surface area contributed by atoms with Crippen LogP contribution in [0.25, 0.3) is 0 Å². The lowest BCUT2D eigenvalue weighted by molar-refractivity contribution is -0.120. The fourth-order valence-electron chi connectivity index (χ4n) is 1.41. The Bertz CT molecular complexity index is 590. The van der Waals surface area contributed by atoms with E-state index < -0.39 is 27.9 Å². The first-order chi connectivity index (χ1) is 8.65. The Kier molecular flexibility index (Phi) is 4.32. The number of sulfonamides is 1. The van der Waals surface area contributed by atoms with Crippen molar-refractivity contribution in [3.05, 3.63) is 18.0 Å². The number of aromatic nitrogens is 1. The number of hydrogen-bond acceptors (Lipinski definition) is 4. The number of rotatable bonds is 6. The molecule has 1 aromatic rings. The zero-order chi connectivity index (χ0) is 14.8. The summed E-state index contributed by atoms with van der Waals surface area (Å²) < 4.78 is 26.1. The van der Waals surface area contributed by atoms with Crippen molar-refractivity contribution in [3.8, 4) is 0 Å². The van der Waals surface area contributed by atoms with Crippen LogP contribution in [0.2, 0.25) is 0 Å². The average Bonchev–Trinajstić information content (AvgIpc) is 2.75. The zero-order valence-electron chi connectivity index (χ0n) is 10.4. The van der Waals surface area contributed by atoms with E-state index in [0.717, 1.165) is 12.3 Å². The normalized spacial score (nSPS) is 13.4. The van der Waals surface area contributed by atoms with E-state index in [9.17, 15) is 18.0 Å². The Morgan fingerprint density at radius 3 is 2.37 bits per heavy atom. The summed E-state index contributed by atoms with van der Waals surface area (Å²) in [5.41, 5.74) is 4.85. The number of nitrogens with one attached hydrogen (secondary N) is 2. The second kappa shape index (κ2) is 5.41. The van der Waals surface area contributed by atoms with Crippen LogP contribution in [0, 0.1) is 5.92 Å². The number of amides is 1. The number of H-pyrrole nitrogens is 1. The molecular formula is C10H15N3O5S. The van der Waals surface area contributed by atoms with E-state index >= 15 is 0 Å². The summed E-state index contributed by atoms with van der Waals surface area (Å²) in [6.07, 6.45) is 1.03. The molecule has 0 aliphatic rings. The molecule has 19 heavy (non-hydrogen) atoms. The van der Waals surface area contributed by atoms with Gasteiger partial charge in [-0.25, -0.2) is 13.2 Å². The van der Waals surface area contributed by atoms with E-state index in [1.807, 2.05) is 0 Å². The van der Waals surface area contributed by atoms with Gasteiger partial charge in [0, 0.05) is 6.20 Å². The Hall–Kier alpha value is -1.87. The van der Waals surface area contributed by atoms with Crippen LogP contribution in [0.5, 0.6) is 0 Å². The van der Waals surface area contributed by atoms with Crippen LogP contribution in [-0.4, -0.2) is 36.4 Å². The van der Waals surface area contributed by atoms with Crippen LogP contribution < -0.4 is 10.5 Å². The molecule has 1 aromatic heterocycles. The maximum absolute atomic E-state index is 12.0. The second-order valence-corrected chi connectivity index (χ2v) is 6.01. The van der Waals surface area contributed by atoms with E-state index in [-0.39, 0.29) is 16.5 Å². The van der Waals surface area contributed by atoms with E-state index in [1.54, 1.807) is 13.8 Å². The van der Waals surface area contributed by atoms with Gasteiger partial charge >= 0.3 is 5.97 Å². The van der Waals surface area contributed by atoms with Gasteiger partial charge in [0.15, 0.2) is 0 Å². The summed E-state index contributed by atoms with van der Waals surface area (Å²) in [6.45, 7) is 3.27. The Labute approximate surface area is 110 Å². The second-order valence-electron chi connectivity index (χ2n) is 4.30. The molecule has 0 fully saturated rings. The van der Waals surface area contributed by atoms with Gasteiger partial charge in [0.2, 0.25) is 15.9 Å². The number of hydrogen-bond donors (Lipinski definition) is 4. The molecule has 1 atom stereocenters. The molecule has 0 bridgehead atoms. The maximum Gasteiger partial charge on any atom is 0.352 e. The molecule has 9 heteroatoms. The van der Waals surface area contributed by atoms with E-state index in [0.29, 0.717) is 0 Å². The first kappa shape index (κ1) is 15.2. The quantitative estimate of drug-likeness (QED) is 0.558. The van der Waals surface area contributed by atoms with Gasteiger partial charge in [-0.2, -0.15) is 4.72 Å². The first-order valence-corrected chi connectivity index (χ1v) is 6.87. The Balaban J connectivity index is 3.03. The third-order valence-corrected chi connectivity index (χ3v) is 3.87. The van der Waals surface area contributed by atoms with Crippen molar-refractivity contribution in [2.24, 2.45) is 11.7 Å². The highest BCUT2D eigenvalue weighted by Crippen LogP contribution is 2.13. The molecule has 0 saturated carbocycles. The highest BCUT2D eigenvalue weighted by Gasteiger charge is 2.27. The molecule has 106 valence electrons. The van der Waals surface area contributed by atoms with Crippen molar-refractivity contribution in [1.82, 2.24) is 9.71 Å². The molecule has 0 spiro atoms. The molecule has 0 aliphatic carbocycles. The van der Waals surface area contributed by atoms with E-state index in [4.69, 9.17) is 10.8 Å². The van der Waals surface area contributed by atoms with Crippen molar-refractivity contribution in [3.63, 3.8) is 0 Å².